The van der Waals surface area contributed by atoms with Gasteiger partial charge in [0.05, 0.1) is 17.8 Å². The molecule has 0 atom stereocenters. The average molecular weight is 288 g/mol. The molecule has 7 heteroatoms. The Morgan fingerprint density at radius 1 is 1.67 bits per heavy atom. The Bertz CT molecular complexity index is 454. The van der Waals surface area contributed by atoms with Gasteiger partial charge in [0.25, 0.3) is 5.91 Å². The number of carbonyl (C=O) groups is 1. The topological polar surface area (TPSA) is 66.3 Å². The monoisotopic (exact) mass is 287 g/mol. The van der Waals surface area contributed by atoms with Crippen LogP contribution >= 0.6 is 23.4 Å². The highest BCUT2D eigenvalue weighted by atomic mass is 35.5. The Labute approximate surface area is 115 Å². The molecule has 0 bridgehead atoms. The summed E-state index contributed by atoms with van der Waals surface area (Å²) in [6.07, 6.45) is 5.23. The van der Waals surface area contributed by atoms with Gasteiger partial charge in [0, 0.05) is 12.6 Å². The molecule has 0 aromatic carbocycles. The molecule has 1 aliphatic carbocycles. The maximum absolute atomic E-state index is 12.3. The van der Waals surface area contributed by atoms with E-state index in [1.165, 1.54) is 18.0 Å². The summed E-state index contributed by atoms with van der Waals surface area (Å²) in [7, 11) is 0. The molecule has 0 aliphatic heterocycles. The van der Waals surface area contributed by atoms with Crippen molar-refractivity contribution in [3.05, 3.63) is 16.9 Å². The molecule has 1 heterocycles. The van der Waals surface area contributed by atoms with Crippen LogP contribution in [0.4, 0.5) is 0 Å². The molecule has 1 saturated carbocycles. The number of aliphatic hydroxyl groups excluding tert-OH is 1. The maximum atomic E-state index is 12.3. The van der Waals surface area contributed by atoms with Gasteiger partial charge in [-0.05, 0) is 19.1 Å². The molecule has 0 spiro atoms. The average Bonchev–Trinajstić information content (AvgIpc) is 3.20. The molecule has 98 valence electrons. The molecule has 1 aliphatic rings. The van der Waals surface area contributed by atoms with E-state index in [0.29, 0.717) is 11.7 Å². The minimum absolute atomic E-state index is 0.0552. The van der Waals surface area contributed by atoms with Crippen molar-refractivity contribution < 1.29 is 9.90 Å². The van der Waals surface area contributed by atoms with E-state index in [-0.39, 0.29) is 29.3 Å². The van der Waals surface area contributed by atoms with Crippen LogP contribution < -0.4 is 0 Å². The van der Waals surface area contributed by atoms with Crippen LogP contribution in [0.2, 0.25) is 5.02 Å². The summed E-state index contributed by atoms with van der Waals surface area (Å²) in [5, 5.41) is 9.78. The number of hydrogen-bond acceptors (Lipinski definition) is 5. The molecule has 0 unspecified atom stereocenters. The zero-order valence-corrected chi connectivity index (χ0v) is 11.5. The quantitative estimate of drug-likeness (QED) is 0.656. The van der Waals surface area contributed by atoms with Crippen molar-refractivity contribution in [3.63, 3.8) is 0 Å². The first-order chi connectivity index (χ1) is 8.67. The van der Waals surface area contributed by atoms with Crippen LogP contribution in [0.5, 0.6) is 0 Å². The van der Waals surface area contributed by atoms with Gasteiger partial charge in [-0.3, -0.25) is 4.79 Å². The molecule has 0 radical (unpaired) electrons. The summed E-state index contributed by atoms with van der Waals surface area (Å²) in [6.45, 7) is 0.263. The molecular formula is C11H14ClN3O2S. The Balaban J connectivity index is 2.25. The second-order valence-corrected chi connectivity index (χ2v) is 5.19. The number of carbonyl (C=O) groups excluding carboxylic acids is 1. The second kappa shape index (κ2) is 5.86. The Morgan fingerprint density at radius 2 is 2.39 bits per heavy atom. The van der Waals surface area contributed by atoms with Crippen LogP contribution in [0.3, 0.4) is 0 Å². The van der Waals surface area contributed by atoms with E-state index in [1.54, 1.807) is 4.90 Å². The number of halogens is 1. The van der Waals surface area contributed by atoms with Crippen molar-refractivity contribution in [2.24, 2.45) is 0 Å². The van der Waals surface area contributed by atoms with Gasteiger partial charge < -0.3 is 10.0 Å². The number of aromatic nitrogens is 2. The van der Waals surface area contributed by atoms with E-state index in [2.05, 4.69) is 9.97 Å². The predicted octanol–water partition coefficient (Wildman–Crippen LogP) is 1.45. The molecule has 1 N–H and O–H groups in total. The van der Waals surface area contributed by atoms with Crippen LogP contribution in [0.15, 0.2) is 11.4 Å². The zero-order valence-electron chi connectivity index (χ0n) is 9.97. The molecular weight excluding hydrogens is 274 g/mol. The largest absolute Gasteiger partial charge is 0.395 e. The van der Waals surface area contributed by atoms with Gasteiger partial charge in [0.15, 0.2) is 10.9 Å². The van der Waals surface area contributed by atoms with E-state index < -0.39 is 0 Å². The van der Waals surface area contributed by atoms with Crippen molar-refractivity contribution in [2.75, 3.05) is 19.4 Å². The van der Waals surface area contributed by atoms with E-state index >= 15 is 0 Å². The lowest BCUT2D eigenvalue weighted by molar-refractivity contribution is 0.0701. The number of aliphatic hydroxyl groups is 1. The first-order valence-electron chi connectivity index (χ1n) is 5.65. The zero-order chi connectivity index (χ0) is 13.1. The molecule has 1 amide bonds. The van der Waals surface area contributed by atoms with Crippen molar-refractivity contribution in [1.29, 1.82) is 0 Å². The number of rotatable bonds is 5. The lowest BCUT2D eigenvalue weighted by atomic mass is 10.3. The molecule has 2 rings (SSSR count). The molecule has 18 heavy (non-hydrogen) atoms. The van der Waals surface area contributed by atoms with E-state index in [0.717, 1.165) is 12.8 Å². The summed E-state index contributed by atoms with van der Waals surface area (Å²) >= 11 is 7.33. The molecule has 0 saturated heterocycles. The summed E-state index contributed by atoms with van der Waals surface area (Å²) in [4.78, 5) is 22.1. The van der Waals surface area contributed by atoms with Gasteiger partial charge in [-0.1, -0.05) is 23.4 Å². The highest BCUT2D eigenvalue weighted by Crippen LogP contribution is 2.29. The fourth-order valence-corrected chi connectivity index (χ4v) is 2.19. The van der Waals surface area contributed by atoms with Crippen molar-refractivity contribution in [1.82, 2.24) is 14.9 Å². The normalized spacial score (nSPS) is 14.6. The first kappa shape index (κ1) is 13.6. The SMILES string of the molecule is CSc1ncc(Cl)c(C(=O)N(CCO)C2CC2)n1. The molecule has 1 aromatic rings. The van der Waals surface area contributed by atoms with Crippen LogP contribution in [0.1, 0.15) is 23.3 Å². The Kier molecular flexibility index (Phi) is 4.42. The summed E-state index contributed by atoms with van der Waals surface area (Å²) in [5.41, 5.74) is 0.219. The maximum Gasteiger partial charge on any atom is 0.274 e. The second-order valence-electron chi connectivity index (χ2n) is 4.01. The van der Waals surface area contributed by atoms with Gasteiger partial charge >= 0.3 is 0 Å². The predicted molar refractivity (Wildman–Crippen MR) is 70.0 cm³/mol. The van der Waals surface area contributed by atoms with Crippen molar-refractivity contribution in [2.45, 2.75) is 24.0 Å². The smallest absolute Gasteiger partial charge is 0.274 e. The fraction of sp³-hybridized carbons (Fsp3) is 0.545. The number of thioether (sulfide) groups is 1. The lowest BCUT2D eigenvalue weighted by Gasteiger charge is -2.21. The number of amides is 1. The van der Waals surface area contributed by atoms with Gasteiger partial charge in [-0.15, -0.1) is 0 Å². The molecule has 1 aromatic heterocycles. The minimum atomic E-state index is -0.228. The third kappa shape index (κ3) is 2.93. The van der Waals surface area contributed by atoms with E-state index in [4.69, 9.17) is 16.7 Å². The van der Waals surface area contributed by atoms with Crippen molar-refractivity contribution in [3.8, 4) is 0 Å². The summed E-state index contributed by atoms with van der Waals surface area (Å²) < 4.78 is 0. The standard InChI is InChI=1S/C11H14ClN3O2S/c1-18-11-13-6-8(12)9(14-11)10(17)15(4-5-16)7-2-3-7/h6-7,16H,2-5H2,1H3. The van der Waals surface area contributed by atoms with Gasteiger partial charge in [-0.25, -0.2) is 9.97 Å². The third-order valence-corrected chi connectivity index (χ3v) is 3.54. The number of hydrogen-bond donors (Lipinski definition) is 1. The summed E-state index contributed by atoms with van der Waals surface area (Å²) in [6, 6.07) is 0.216. The first-order valence-corrected chi connectivity index (χ1v) is 7.26. The van der Waals surface area contributed by atoms with Crippen LogP contribution in [-0.4, -0.2) is 51.3 Å². The minimum Gasteiger partial charge on any atom is -0.395 e. The van der Waals surface area contributed by atoms with Gasteiger partial charge in [0.2, 0.25) is 0 Å². The fourth-order valence-electron chi connectivity index (χ4n) is 1.68. The van der Waals surface area contributed by atoms with E-state index in [1.807, 2.05) is 6.26 Å². The van der Waals surface area contributed by atoms with Gasteiger partial charge in [-0.2, -0.15) is 0 Å². The number of nitrogens with zero attached hydrogens (tertiary/aromatic N) is 3. The Hall–Kier alpha value is -0.850. The van der Waals surface area contributed by atoms with Crippen LogP contribution in [0, 0.1) is 0 Å². The Morgan fingerprint density at radius 3 is 2.94 bits per heavy atom. The van der Waals surface area contributed by atoms with E-state index in [9.17, 15) is 4.79 Å². The molecule has 1 fully saturated rings. The van der Waals surface area contributed by atoms with Crippen LogP contribution in [-0.2, 0) is 0 Å². The van der Waals surface area contributed by atoms with Crippen molar-refractivity contribution >= 4 is 29.3 Å². The highest BCUT2D eigenvalue weighted by Gasteiger charge is 2.34. The van der Waals surface area contributed by atoms with Gasteiger partial charge in [0.1, 0.15) is 0 Å². The third-order valence-electron chi connectivity index (χ3n) is 2.70. The van der Waals surface area contributed by atoms with Crippen LogP contribution in [0.25, 0.3) is 0 Å². The highest BCUT2D eigenvalue weighted by molar-refractivity contribution is 7.98. The summed E-state index contributed by atoms with van der Waals surface area (Å²) in [5.74, 6) is -0.228. The molecule has 5 nitrogen and oxygen atoms in total. The lowest BCUT2D eigenvalue weighted by Crippen LogP contribution is -2.36.